The Bertz CT molecular complexity index is 225. The van der Waals surface area contributed by atoms with Crippen molar-refractivity contribution in [3.63, 3.8) is 0 Å². The van der Waals surface area contributed by atoms with Crippen molar-refractivity contribution in [3.8, 4) is 0 Å². The highest BCUT2D eigenvalue weighted by Gasteiger charge is 2.12. The van der Waals surface area contributed by atoms with E-state index in [4.69, 9.17) is 16.2 Å². The van der Waals surface area contributed by atoms with E-state index in [0.29, 0.717) is 0 Å². The van der Waals surface area contributed by atoms with Crippen molar-refractivity contribution in [3.05, 3.63) is 35.9 Å². The lowest BCUT2D eigenvalue weighted by molar-refractivity contribution is 0.0747. The SMILES string of the molecule is CN(C)C(OCl)c1ccccc1. The van der Waals surface area contributed by atoms with Crippen LogP contribution in [0.1, 0.15) is 11.8 Å². The van der Waals surface area contributed by atoms with Gasteiger partial charge in [0.1, 0.15) is 0 Å². The highest BCUT2D eigenvalue weighted by molar-refractivity contribution is 6.07. The summed E-state index contributed by atoms with van der Waals surface area (Å²) in [5.41, 5.74) is 1.05. The van der Waals surface area contributed by atoms with Crippen LogP contribution >= 0.6 is 11.9 Å². The quantitative estimate of drug-likeness (QED) is 0.671. The molecule has 0 saturated heterocycles. The molecular weight excluding hydrogens is 174 g/mol. The van der Waals surface area contributed by atoms with Gasteiger partial charge in [0.05, 0.1) is 11.9 Å². The van der Waals surface area contributed by atoms with Gasteiger partial charge in [-0.15, -0.1) is 0 Å². The van der Waals surface area contributed by atoms with Crippen LogP contribution < -0.4 is 0 Å². The minimum Gasteiger partial charge on any atom is -0.279 e. The predicted octanol–water partition coefficient (Wildman–Crippen LogP) is 2.42. The molecule has 3 heteroatoms. The number of hydrogen-bond acceptors (Lipinski definition) is 2. The Hall–Kier alpha value is -0.570. The minimum atomic E-state index is -0.173. The minimum absolute atomic E-state index is 0.173. The van der Waals surface area contributed by atoms with Crippen LogP contribution in [-0.2, 0) is 4.29 Å². The highest BCUT2D eigenvalue weighted by Crippen LogP contribution is 2.19. The van der Waals surface area contributed by atoms with E-state index in [2.05, 4.69) is 0 Å². The van der Waals surface area contributed by atoms with Crippen LogP contribution in [-0.4, -0.2) is 19.0 Å². The molecule has 0 fully saturated rings. The zero-order chi connectivity index (χ0) is 8.97. The molecule has 0 spiro atoms. The molecular formula is C9H12ClNO. The van der Waals surface area contributed by atoms with Gasteiger partial charge in [0, 0.05) is 0 Å². The van der Waals surface area contributed by atoms with E-state index in [1.165, 1.54) is 0 Å². The first-order valence-corrected chi connectivity index (χ1v) is 4.05. The summed E-state index contributed by atoms with van der Waals surface area (Å²) in [6, 6.07) is 9.84. The van der Waals surface area contributed by atoms with Crippen molar-refractivity contribution < 1.29 is 4.29 Å². The average Bonchev–Trinajstić information content (AvgIpc) is 2.07. The summed E-state index contributed by atoms with van der Waals surface area (Å²) < 4.78 is 4.80. The smallest absolute Gasteiger partial charge is 0.157 e. The maximum absolute atomic E-state index is 5.36. The fraction of sp³-hybridized carbons (Fsp3) is 0.333. The molecule has 0 bridgehead atoms. The molecule has 1 unspecified atom stereocenters. The Kier molecular flexibility index (Phi) is 3.53. The molecule has 0 saturated carbocycles. The first-order chi connectivity index (χ1) is 5.75. The molecule has 0 N–H and O–H groups in total. The molecule has 0 aliphatic carbocycles. The van der Waals surface area contributed by atoms with Gasteiger partial charge in [-0.1, -0.05) is 30.3 Å². The summed E-state index contributed by atoms with van der Waals surface area (Å²) in [7, 11) is 3.83. The van der Waals surface area contributed by atoms with Gasteiger partial charge in [0.25, 0.3) is 0 Å². The second-order valence-electron chi connectivity index (χ2n) is 2.82. The fourth-order valence-corrected chi connectivity index (χ4v) is 1.31. The maximum Gasteiger partial charge on any atom is 0.157 e. The molecule has 0 heterocycles. The fourth-order valence-electron chi connectivity index (χ4n) is 1.05. The van der Waals surface area contributed by atoms with Gasteiger partial charge in [-0.3, -0.25) is 9.19 Å². The van der Waals surface area contributed by atoms with Gasteiger partial charge in [-0.25, -0.2) is 0 Å². The summed E-state index contributed by atoms with van der Waals surface area (Å²) >= 11 is 5.36. The van der Waals surface area contributed by atoms with Crippen molar-refractivity contribution in [2.45, 2.75) is 6.23 Å². The number of benzene rings is 1. The summed E-state index contributed by atoms with van der Waals surface area (Å²) in [6.45, 7) is 0. The monoisotopic (exact) mass is 185 g/mol. The van der Waals surface area contributed by atoms with E-state index >= 15 is 0 Å². The van der Waals surface area contributed by atoms with Crippen LogP contribution in [0.15, 0.2) is 30.3 Å². The van der Waals surface area contributed by atoms with E-state index < -0.39 is 0 Å². The topological polar surface area (TPSA) is 12.5 Å². The normalized spacial score (nSPS) is 13.3. The molecule has 0 radical (unpaired) electrons. The van der Waals surface area contributed by atoms with Gasteiger partial charge >= 0.3 is 0 Å². The van der Waals surface area contributed by atoms with Crippen LogP contribution in [0.25, 0.3) is 0 Å². The Balaban J connectivity index is 2.80. The van der Waals surface area contributed by atoms with Gasteiger partial charge < -0.3 is 0 Å². The number of halogens is 1. The third-order valence-electron chi connectivity index (χ3n) is 1.64. The third-order valence-corrected chi connectivity index (χ3v) is 1.81. The van der Waals surface area contributed by atoms with E-state index in [-0.39, 0.29) is 6.23 Å². The van der Waals surface area contributed by atoms with Crippen molar-refractivity contribution in [1.29, 1.82) is 0 Å². The van der Waals surface area contributed by atoms with Crippen LogP contribution in [0.4, 0.5) is 0 Å². The van der Waals surface area contributed by atoms with Gasteiger partial charge in [-0.2, -0.15) is 0 Å². The number of rotatable bonds is 3. The van der Waals surface area contributed by atoms with Gasteiger partial charge in [-0.05, 0) is 19.7 Å². The first-order valence-electron chi connectivity index (χ1n) is 3.74. The van der Waals surface area contributed by atoms with Crippen molar-refractivity contribution in [2.75, 3.05) is 14.1 Å². The Labute approximate surface area is 77.9 Å². The van der Waals surface area contributed by atoms with E-state index in [0.717, 1.165) is 5.56 Å². The lowest BCUT2D eigenvalue weighted by Crippen LogP contribution is -2.19. The summed E-state index contributed by atoms with van der Waals surface area (Å²) in [4.78, 5) is 1.91. The maximum atomic E-state index is 5.36. The zero-order valence-electron chi connectivity index (χ0n) is 7.20. The lowest BCUT2D eigenvalue weighted by Gasteiger charge is -2.20. The third kappa shape index (κ3) is 2.21. The lowest BCUT2D eigenvalue weighted by atomic mass is 10.2. The number of hydrogen-bond donors (Lipinski definition) is 0. The standard InChI is InChI=1S/C9H12ClNO/c1-11(2)9(12-10)8-6-4-3-5-7-8/h3-7,9H,1-2H3. The van der Waals surface area contributed by atoms with Gasteiger partial charge in [0.2, 0.25) is 0 Å². The second kappa shape index (κ2) is 4.45. The molecule has 12 heavy (non-hydrogen) atoms. The van der Waals surface area contributed by atoms with E-state index in [1.54, 1.807) is 0 Å². The molecule has 1 rings (SSSR count). The average molecular weight is 186 g/mol. The molecule has 0 aromatic heterocycles. The molecule has 1 aromatic rings. The molecule has 1 aromatic carbocycles. The van der Waals surface area contributed by atoms with Crippen LogP contribution in [0, 0.1) is 0 Å². The molecule has 66 valence electrons. The van der Waals surface area contributed by atoms with Crippen LogP contribution in [0.3, 0.4) is 0 Å². The summed E-state index contributed by atoms with van der Waals surface area (Å²) in [5.74, 6) is 0. The first kappa shape index (κ1) is 9.52. The Morgan fingerprint density at radius 2 is 1.83 bits per heavy atom. The van der Waals surface area contributed by atoms with Crippen molar-refractivity contribution in [2.24, 2.45) is 0 Å². The largest absolute Gasteiger partial charge is 0.279 e. The molecule has 0 aliphatic rings. The summed E-state index contributed by atoms with van der Waals surface area (Å²) in [5, 5.41) is 0. The zero-order valence-corrected chi connectivity index (χ0v) is 7.95. The second-order valence-corrected chi connectivity index (χ2v) is 2.99. The van der Waals surface area contributed by atoms with Crippen LogP contribution in [0.2, 0.25) is 0 Å². The number of nitrogens with zero attached hydrogens (tertiary/aromatic N) is 1. The molecule has 2 nitrogen and oxygen atoms in total. The van der Waals surface area contributed by atoms with Crippen LogP contribution in [0.5, 0.6) is 0 Å². The Morgan fingerprint density at radius 3 is 2.25 bits per heavy atom. The van der Waals surface area contributed by atoms with Crippen molar-refractivity contribution >= 4 is 11.9 Å². The van der Waals surface area contributed by atoms with E-state index in [1.807, 2.05) is 49.3 Å². The van der Waals surface area contributed by atoms with Gasteiger partial charge in [0.15, 0.2) is 6.23 Å². The molecule has 0 amide bonds. The van der Waals surface area contributed by atoms with Crippen molar-refractivity contribution in [1.82, 2.24) is 4.90 Å². The Morgan fingerprint density at radius 1 is 1.25 bits per heavy atom. The summed E-state index contributed by atoms with van der Waals surface area (Å²) in [6.07, 6.45) is -0.173. The highest BCUT2D eigenvalue weighted by atomic mass is 35.5. The van der Waals surface area contributed by atoms with E-state index in [9.17, 15) is 0 Å². The molecule has 1 atom stereocenters. The predicted molar refractivity (Wildman–Crippen MR) is 49.8 cm³/mol. The molecule has 0 aliphatic heterocycles.